The molecule has 1 aliphatic heterocycles. The Hall–Kier alpha value is -2.02. The molecule has 1 aromatic carbocycles. The van der Waals surface area contributed by atoms with Crippen LogP contribution in [0, 0.1) is 0 Å². The van der Waals surface area contributed by atoms with Gasteiger partial charge >= 0.3 is 0 Å². The first-order valence-electron chi connectivity index (χ1n) is 10.0. The maximum atomic E-state index is 4.73. The average Bonchev–Trinajstić information content (AvgIpc) is 3.43. The van der Waals surface area contributed by atoms with Gasteiger partial charge in [0, 0.05) is 42.3 Å². The standard InChI is InChI=1S/C22H22N4S2/c1-2-6-18-16(4-1)15(13-27-18)12-25-8-10-26(11-9-25)21-20-17-5-3-7-19(17)28-22(20)24-14-23-21/h1-2,4,6,13-14H,3,5,7-12H2. The molecule has 0 saturated carbocycles. The second-order valence-corrected chi connectivity index (χ2v) is 9.75. The van der Waals surface area contributed by atoms with Gasteiger partial charge in [0.2, 0.25) is 0 Å². The summed E-state index contributed by atoms with van der Waals surface area (Å²) in [4.78, 5) is 17.1. The summed E-state index contributed by atoms with van der Waals surface area (Å²) in [7, 11) is 0. The van der Waals surface area contributed by atoms with Crippen molar-refractivity contribution >= 4 is 48.8 Å². The maximum absolute atomic E-state index is 4.73. The largest absolute Gasteiger partial charge is 0.353 e. The van der Waals surface area contributed by atoms with Crippen LogP contribution in [0.2, 0.25) is 0 Å². The molecule has 1 saturated heterocycles. The number of anilines is 1. The summed E-state index contributed by atoms with van der Waals surface area (Å²) < 4.78 is 1.39. The molecule has 0 amide bonds. The van der Waals surface area contributed by atoms with Crippen molar-refractivity contribution in [2.45, 2.75) is 25.8 Å². The molecule has 28 heavy (non-hydrogen) atoms. The third-order valence-electron chi connectivity index (χ3n) is 6.11. The molecular formula is C22H22N4S2. The molecule has 6 heteroatoms. The van der Waals surface area contributed by atoms with E-state index in [4.69, 9.17) is 4.98 Å². The summed E-state index contributed by atoms with van der Waals surface area (Å²) in [6.07, 6.45) is 5.46. The lowest BCUT2D eigenvalue weighted by Gasteiger charge is -2.35. The summed E-state index contributed by atoms with van der Waals surface area (Å²) in [5.41, 5.74) is 3.00. The van der Waals surface area contributed by atoms with Crippen LogP contribution >= 0.6 is 22.7 Å². The summed E-state index contributed by atoms with van der Waals surface area (Å²) in [6.45, 7) is 5.30. The van der Waals surface area contributed by atoms with Crippen molar-refractivity contribution in [3.05, 3.63) is 52.0 Å². The van der Waals surface area contributed by atoms with Gasteiger partial charge in [-0.1, -0.05) is 18.2 Å². The third-order valence-corrected chi connectivity index (χ3v) is 8.32. The molecule has 0 atom stereocenters. The molecule has 0 unspecified atom stereocenters. The Labute approximate surface area is 172 Å². The topological polar surface area (TPSA) is 32.3 Å². The SMILES string of the molecule is c1ccc2c(CN3CCN(c4ncnc5sc6c(c45)CCC6)CC3)csc2c1. The highest BCUT2D eigenvalue weighted by molar-refractivity contribution is 7.19. The molecule has 1 fully saturated rings. The van der Waals surface area contributed by atoms with Crippen molar-refractivity contribution in [1.29, 1.82) is 0 Å². The molecular weight excluding hydrogens is 384 g/mol. The third kappa shape index (κ3) is 2.74. The van der Waals surface area contributed by atoms with E-state index in [1.54, 1.807) is 11.2 Å². The van der Waals surface area contributed by atoms with Crippen molar-refractivity contribution in [2.75, 3.05) is 31.1 Å². The minimum Gasteiger partial charge on any atom is -0.353 e. The van der Waals surface area contributed by atoms with Gasteiger partial charge in [-0.2, -0.15) is 0 Å². The van der Waals surface area contributed by atoms with Gasteiger partial charge in [-0.15, -0.1) is 22.7 Å². The Balaban J connectivity index is 1.22. The fraction of sp³-hybridized carbons (Fsp3) is 0.364. The smallest absolute Gasteiger partial charge is 0.141 e. The number of benzene rings is 1. The number of thiophene rings is 2. The zero-order valence-electron chi connectivity index (χ0n) is 15.7. The van der Waals surface area contributed by atoms with Gasteiger partial charge in [0.25, 0.3) is 0 Å². The van der Waals surface area contributed by atoms with Crippen molar-refractivity contribution in [3.63, 3.8) is 0 Å². The number of piperazine rings is 1. The van der Waals surface area contributed by atoms with E-state index in [0.29, 0.717) is 0 Å². The van der Waals surface area contributed by atoms with E-state index in [9.17, 15) is 0 Å². The molecule has 2 aliphatic rings. The molecule has 3 aromatic heterocycles. The van der Waals surface area contributed by atoms with Crippen LogP contribution in [0.4, 0.5) is 5.82 Å². The van der Waals surface area contributed by atoms with Gasteiger partial charge in [0.05, 0.1) is 5.39 Å². The first kappa shape index (κ1) is 16.9. The zero-order chi connectivity index (χ0) is 18.5. The molecule has 4 heterocycles. The van der Waals surface area contributed by atoms with E-state index in [-0.39, 0.29) is 0 Å². The molecule has 4 nitrogen and oxygen atoms in total. The molecule has 1 aliphatic carbocycles. The second kappa shape index (κ2) is 6.79. The van der Waals surface area contributed by atoms with Crippen LogP contribution in [0.15, 0.2) is 36.0 Å². The van der Waals surface area contributed by atoms with Crippen LogP contribution < -0.4 is 4.90 Å². The highest BCUT2D eigenvalue weighted by atomic mass is 32.1. The van der Waals surface area contributed by atoms with Gasteiger partial charge in [0.15, 0.2) is 0 Å². The minimum atomic E-state index is 1.04. The van der Waals surface area contributed by atoms with Crippen molar-refractivity contribution < 1.29 is 0 Å². The van der Waals surface area contributed by atoms with E-state index < -0.39 is 0 Å². The molecule has 6 rings (SSSR count). The Kier molecular flexibility index (Phi) is 4.10. The number of fused-ring (bicyclic) bond motifs is 4. The second-order valence-electron chi connectivity index (χ2n) is 7.76. The van der Waals surface area contributed by atoms with Crippen LogP contribution in [-0.2, 0) is 19.4 Å². The van der Waals surface area contributed by atoms with Crippen molar-refractivity contribution in [2.24, 2.45) is 0 Å². The highest BCUT2D eigenvalue weighted by Gasteiger charge is 2.25. The van der Waals surface area contributed by atoms with Crippen molar-refractivity contribution in [1.82, 2.24) is 14.9 Å². The minimum absolute atomic E-state index is 1.04. The Morgan fingerprint density at radius 3 is 2.82 bits per heavy atom. The highest BCUT2D eigenvalue weighted by Crippen LogP contribution is 2.40. The predicted octanol–water partition coefficient (Wildman–Crippen LogP) is 4.72. The van der Waals surface area contributed by atoms with Crippen LogP contribution in [0.1, 0.15) is 22.4 Å². The lowest BCUT2D eigenvalue weighted by atomic mass is 10.1. The molecule has 142 valence electrons. The quantitative estimate of drug-likeness (QED) is 0.493. The first-order valence-corrected chi connectivity index (χ1v) is 11.7. The fourth-order valence-electron chi connectivity index (χ4n) is 4.67. The average molecular weight is 407 g/mol. The zero-order valence-corrected chi connectivity index (χ0v) is 17.4. The van der Waals surface area contributed by atoms with E-state index in [0.717, 1.165) is 32.7 Å². The van der Waals surface area contributed by atoms with E-state index in [2.05, 4.69) is 44.4 Å². The summed E-state index contributed by atoms with van der Waals surface area (Å²) in [5, 5.41) is 5.10. The van der Waals surface area contributed by atoms with E-state index in [1.807, 2.05) is 22.7 Å². The van der Waals surface area contributed by atoms with Crippen LogP contribution in [-0.4, -0.2) is 41.0 Å². The number of aryl methyl sites for hydroxylation is 2. The predicted molar refractivity (Wildman–Crippen MR) is 119 cm³/mol. The van der Waals surface area contributed by atoms with Crippen LogP contribution in [0.25, 0.3) is 20.3 Å². The summed E-state index contributed by atoms with van der Waals surface area (Å²) >= 11 is 3.74. The fourth-order valence-corrected chi connectivity index (χ4v) is 6.84. The maximum Gasteiger partial charge on any atom is 0.141 e. The number of aromatic nitrogens is 2. The molecule has 0 radical (unpaired) electrons. The monoisotopic (exact) mass is 406 g/mol. The van der Waals surface area contributed by atoms with E-state index in [1.165, 1.54) is 56.5 Å². The normalized spacial score (nSPS) is 17.6. The van der Waals surface area contributed by atoms with Crippen molar-refractivity contribution in [3.8, 4) is 0 Å². The molecule has 4 aromatic rings. The van der Waals surface area contributed by atoms with Crippen LogP contribution in [0.5, 0.6) is 0 Å². The number of hydrogen-bond acceptors (Lipinski definition) is 6. The summed E-state index contributed by atoms with van der Waals surface area (Å²) in [5.74, 6) is 1.17. The Bertz CT molecular complexity index is 1150. The van der Waals surface area contributed by atoms with E-state index >= 15 is 0 Å². The number of nitrogens with zero attached hydrogens (tertiary/aromatic N) is 4. The van der Waals surface area contributed by atoms with Gasteiger partial charge in [-0.25, -0.2) is 9.97 Å². The number of hydrogen-bond donors (Lipinski definition) is 0. The molecule has 0 spiro atoms. The lowest BCUT2D eigenvalue weighted by Crippen LogP contribution is -2.46. The van der Waals surface area contributed by atoms with Gasteiger partial charge in [-0.05, 0) is 47.2 Å². The van der Waals surface area contributed by atoms with Gasteiger partial charge in [-0.3, -0.25) is 4.90 Å². The summed E-state index contributed by atoms with van der Waals surface area (Å²) in [6, 6.07) is 8.76. The van der Waals surface area contributed by atoms with Gasteiger partial charge < -0.3 is 4.90 Å². The Morgan fingerprint density at radius 1 is 1.00 bits per heavy atom. The Morgan fingerprint density at radius 2 is 1.89 bits per heavy atom. The van der Waals surface area contributed by atoms with Gasteiger partial charge in [0.1, 0.15) is 17.0 Å². The lowest BCUT2D eigenvalue weighted by molar-refractivity contribution is 0.250. The van der Waals surface area contributed by atoms with Crippen LogP contribution in [0.3, 0.4) is 0 Å². The molecule has 0 bridgehead atoms. The molecule has 0 N–H and O–H groups in total. The number of rotatable bonds is 3. The first-order chi connectivity index (χ1) is 13.9.